The van der Waals surface area contributed by atoms with Crippen molar-refractivity contribution in [1.82, 2.24) is 14.7 Å². The Morgan fingerprint density at radius 2 is 2.29 bits per heavy atom. The summed E-state index contributed by atoms with van der Waals surface area (Å²) in [6.07, 6.45) is 2.57. The molecule has 1 N–H and O–H groups in total. The van der Waals surface area contributed by atoms with Crippen molar-refractivity contribution in [2.75, 3.05) is 18.0 Å². The third kappa shape index (κ3) is 3.45. The molecule has 4 nitrogen and oxygen atoms in total. The van der Waals surface area contributed by atoms with Crippen LogP contribution in [0.4, 0.5) is 10.1 Å². The number of hydrogen-bond donors (Lipinski definition) is 1. The van der Waals surface area contributed by atoms with Crippen LogP contribution in [0.2, 0.25) is 9.36 Å². The van der Waals surface area contributed by atoms with Gasteiger partial charge in [0.05, 0.1) is 22.6 Å². The van der Waals surface area contributed by atoms with Crippen LogP contribution in [-0.4, -0.2) is 28.5 Å². The van der Waals surface area contributed by atoms with Gasteiger partial charge in [-0.3, -0.25) is 0 Å². The van der Waals surface area contributed by atoms with Crippen molar-refractivity contribution in [3.05, 3.63) is 39.3 Å². The highest BCUT2D eigenvalue weighted by molar-refractivity contribution is 7.11. The summed E-state index contributed by atoms with van der Waals surface area (Å²) in [4.78, 5) is 5.87. The normalized spacial score (nSPS) is 18.4. The highest BCUT2D eigenvalue weighted by Gasteiger charge is 2.23. The van der Waals surface area contributed by atoms with Gasteiger partial charge in [-0.1, -0.05) is 23.2 Å². The second kappa shape index (κ2) is 6.44. The first-order valence-corrected chi connectivity index (χ1v) is 8.06. The zero-order chi connectivity index (χ0) is 14.8. The monoisotopic (exact) mass is 346 g/mol. The lowest BCUT2D eigenvalue weighted by molar-refractivity contribution is 0.547. The summed E-state index contributed by atoms with van der Waals surface area (Å²) in [6.45, 7) is 2.36. The molecule has 0 aromatic carbocycles. The molecule has 1 aliphatic heterocycles. The summed E-state index contributed by atoms with van der Waals surface area (Å²) in [5.41, 5.74) is 1.73. The quantitative estimate of drug-likeness (QED) is 0.862. The Hall–Kier alpha value is -0.950. The van der Waals surface area contributed by atoms with Gasteiger partial charge in [-0.25, -0.2) is 4.98 Å². The second-order valence-corrected chi connectivity index (χ2v) is 6.62. The van der Waals surface area contributed by atoms with Crippen LogP contribution in [0.25, 0.3) is 0 Å². The molecule has 3 rings (SSSR count). The predicted molar refractivity (Wildman–Crippen MR) is 83.8 cm³/mol. The molecular formula is C13H13Cl2FN4S. The van der Waals surface area contributed by atoms with Crippen LogP contribution >= 0.6 is 34.7 Å². The van der Waals surface area contributed by atoms with E-state index in [4.69, 9.17) is 23.2 Å². The van der Waals surface area contributed by atoms with Crippen molar-refractivity contribution in [3.63, 3.8) is 0 Å². The minimum atomic E-state index is -0.456. The molecule has 1 aliphatic rings. The largest absolute Gasteiger partial charge is 0.369 e. The molecule has 1 fully saturated rings. The standard InChI is InChI=1S/C13H13Cl2FN4S/c14-12-10(19-21-13(12)15)6-17-8-3-4-20(7-8)9-1-2-11(16)18-5-9/h1-2,5,8,17H,3-4,6-7H2/t8-/m0/s1. The van der Waals surface area contributed by atoms with Crippen molar-refractivity contribution in [1.29, 1.82) is 0 Å². The number of nitrogens with zero attached hydrogens (tertiary/aromatic N) is 3. The van der Waals surface area contributed by atoms with Crippen molar-refractivity contribution in [3.8, 4) is 0 Å². The minimum Gasteiger partial charge on any atom is -0.369 e. The summed E-state index contributed by atoms with van der Waals surface area (Å²) in [5, 5.41) is 3.96. The molecule has 0 radical (unpaired) electrons. The van der Waals surface area contributed by atoms with E-state index in [9.17, 15) is 4.39 Å². The van der Waals surface area contributed by atoms with E-state index in [2.05, 4.69) is 19.6 Å². The van der Waals surface area contributed by atoms with Gasteiger partial charge in [0.25, 0.3) is 0 Å². The molecule has 1 atom stereocenters. The van der Waals surface area contributed by atoms with E-state index in [1.54, 1.807) is 12.3 Å². The number of pyridine rings is 1. The van der Waals surface area contributed by atoms with Crippen LogP contribution in [0.1, 0.15) is 12.1 Å². The van der Waals surface area contributed by atoms with E-state index in [-0.39, 0.29) is 0 Å². The first kappa shape index (κ1) is 15.0. The molecule has 2 aromatic rings. The highest BCUT2D eigenvalue weighted by Crippen LogP contribution is 2.29. The Labute approximate surface area is 136 Å². The molecule has 2 aromatic heterocycles. The van der Waals surface area contributed by atoms with Crippen LogP contribution in [0.3, 0.4) is 0 Å². The highest BCUT2D eigenvalue weighted by atomic mass is 35.5. The van der Waals surface area contributed by atoms with Crippen molar-refractivity contribution >= 4 is 40.4 Å². The molecule has 0 aliphatic carbocycles. The fourth-order valence-corrected chi connectivity index (χ4v) is 3.38. The maximum atomic E-state index is 12.8. The molecule has 0 bridgehead atoms. The number of halogens is 3. The molecule has 0 amide bonds. The number of anilines is 1. The molecule has 0 unspecified atom stereocenters. The third-order valence-electron chi connectivity index (χ3n) is 3.49. The Morgan fingerprint density at radius 1 is 1.43 bits per heavy atom. The van der Waals surface area contributed by atoms with E-state index in [0.717, 1.165) is 30.9 Å². The van der Waals surface area contributed by atoms with Gasteiger partial charge in [-0.05, 0) is 30.1 Å². The molecule has 0 saturated carbocycles. The minimum absolute atomic E-state index is 0.339. The van der Waals surface area contributed by atoms with E-state index in [1.165, 1.54) is 17.6 Å². The molecule has 1 saturated heterocycles. The summed E-state index contributed by atoms with van der Waals surface area (Å²) in [5.74, 6) is -0.456. The molecule has 0 spiro atoms. The van der Waals surface area contributed by atoms with E-state index < -0.39 is 5.95 Å². The van der Waals surface area contributed by atoms with Gasteiger partial charge >= 0.3 is 0 Å². The number of hydrogen-bond acceptors (Lipinski definition) is 5. The summed E-state index contributed by atoms with van der Waals surface area (Å²) in [7, 11) is 0. The first-order valence-electron chi connectivity index (χ1n) is 6.53. The first-order chi connectivity index (χ1) is 10.1. The van der Waals surface area contributed by atoms with Gasteiger partial charge in [0, 0.05) is 25.7 Å². The van der Waals surface area contributed by atoms with Gasteiger partial charge in [0.1, 0.15) is 4.34 Å². The maximum Gasteiger partial charge on any atom is 0.212 e. The summed E-state index contributed by atoms with van der Waals surface area (Å²) in [6, 6.07) is 3.47. The lowest BCUT2D eigenvalue weighted by atomic mass is 10.2. The Kier molecular flexibility index (Phi) is 4.59. The van der Waals surface area contributed by atoms with E-state index in [1.807, 2.05) is 0 Å². The Bertz CT molecular complexity index is 619. The zero-order valence-electron chi connectivity index (χ0n) is 11.0. The van der Waals surface area contributed by atoms with Crippen molar-refractivity contribution in [2.45, 2.75) is 19.0 Å². The Morgan fingerprint density at radius 3 is 2.95 bits per heavy atom. The number of rotatable bonds is 4. The van der Waals surface area contributed by atoms with Crippen LogP contribution in [-0.2, 0) is 6.54 Å². The lowest BCUT2D eigenvalue weighted by Crippen LogP contribution is -2.32. The van der Waals surface area contributed by atoms with Crippen LogP contribution in [0.5, 0.6) is 0 Å². The average Bonchev–Trinajstić information content (AvgIpc) is 3.07. The van der Waals surface area contributed by atoms with E-state index >= 15 is 0 Å². The van der Waals surface area contributed by atoms with E-state index in [0.29, 0.717) is 21.9 Å². The van der Waals surface area contributed by atoms with Crippen LogP contribution < -0.4 is 10.2 Å². The van der Waals surface area contributed by atoms with Crippen LogP contribution in [0, 0.1) is 5.95 Å². The van der Waals surface area contributed by atoms with Crippen LogP contribution in [0.15, 0.2) is 18.3 Å². The van der Waals surface area contributed by atoms with Gasteiger partial charge in [-0.15, -0.1) is 0 Å². The molecule has 8 heteroatoms. The molecular weight excluding hydrogens is 334 g/mol. The van der Waals surface area contributed by atoms with Gasteiger partial charge in [-0.2, -0.15) is 8.76 Å². The summed E-state index contributed by atoms with van der Waals surface area (Å²) >= 11 is 13.1. The van der Waals surface area contributed by atoms with Gasteiger partial charge < -0.3 is 10.2 Å². The SMILES string of the molecule is Fc1ccc(N2CC[C@H](NCc3nsc(Cl)c3Cl)C2)cn1. The van der Waals surface area contributed by atoms with Crippen molar-refractivity contribution in [2.24, 2.45) is 0 Å². The summed E-state index contributed by atoms with van der Waals surface area (Å²) < 4.78 is 17.6. The third-order valence-corrected chi connectivity index (χ3v) is 5.17. The maximum absolute atomic E-state index is 12.8. The predicted octanol–water partition coefficient (Wildman–Crippen LogP) is 3.35. The lowest BCUT2D eigenvalue weighted by Gasteiger charge is -2.18. The van der Waals surface area contributed by atoms with Gasteiger partial charge in [0.15, 0.2) is 0 Å². The molecule has 21 heavy (non-hydrogen) atoms. The number of aromatic nitrogens is 2. The second-order valence-electron chi connectivity index (χ2n) is 4.87. The fourth-order valence-electron chi connectivity index (χ4n) is 2.36. The molecule has 3 heterocycles. The average molecular weight is 347 g/mol. The fraction of sp³-hybridized carbons (Fsp3) is 0.385. The van der Waals surface area contributed by atoms with Crippen molar-refractivity contribution < 1.29 is 4.39 Å². The smallest absolute Gasteiger partial charge is 0.212 e. The number of nitrogens with one attached hydrogen (secondary N) is 1. The topological polar surface area (TPSA) is 41.0 Å². The zero-order valence-corrected chi connectivity index (χ0v) is 13.3. The molecule has 112 valence electrons. The Balaban J connectivity index is 1.55. The van der Waals surface area contributed by atoms with Gasteiger partial charge in [0.2, 0.25) is 5.95 Å².